The summed E-state index contributed by atoms with van der Waals surface area (Å²) in [7, 11) is 0. The monoisotopic (exact) mass is 672 g/mol. The minimum Gasteiger partial charge on any atom is -0.455 e. The fourth-order valence-corrected chi connectivity index (χ4v) is 8.48. The van der Waals surface area contributed by atoms with Crippen LogP contribution in [0.3, 0.4) is 0 Å². The van der Waals surface area contributed by atoms with Gasteiger partial charge in [0.1, 0.15) is 11.2 Å². The number of hydrogen-bond acceptors (Lipinski definition) is 1. The lowest BCUT2D eigenvalue weighted by Crippen LogP contribution is -1.92. The molecule has 0 N–H and O–H groups in total. The fourth-order valence-electron chi connectivity index (χ4n) is 8.48. The Morgan fingerprint density at radius 2 is 0.755 bits per heavy atom. The molecule has 11 rings (SSSR count). The smallest absolute Gasteiger partial charge is 0.143 e. The van der Waals surface area contributed by atoms with Crippen LogP contribution < -0.4 is 0 Å². The van der Waals surface area contributed by atoms with Crippen LogP contribution in [0.5, 0.6) is 0 Å². The van der Waals surface area contributed by atoms with Crippen molar-refractivity contribution in [2.24, 2.45) is 0 Å². The molecule has 0 fully saturated rings. The van der Waals surface area contributed by atoms with E-state index >= 15 is 0 Å². The lowest BCUT2D eigenvalue weighted by atomic mass is 9.84. The first-order valence-corrected chi connectivity index (χ1v) is 18.2. The molecule has 246 valence electrons. The summed E-state index contributed by atoms with van der Waals surface area (Å²) in [4.78, 5) is 0. The first-order chi connectivity index (χ1) is 26.3. The number of fused-ring (bicyclic) bond motifs is 7. The Balaban J connectivity index is 1.15. The average molecular weight is 673 g/mol. The van der Waals surface area contributed by atoms with Gasteiger partial charge < -0.3 is 4.42 Å². The van der Waals surface area contributed by atoms with Crippen molar-refractivity contribution in [2.45, 2.75) is 0 Å². The largest absolute Gasteiger partial charge is 0.455 e. The number of furan rings is 1. The maximum Gasteiger partial charge on any atom is 0.143 e. The molecule has 0 bridgehead atoms. The summed E-state index contributed by atoms with van der Waals surface area (Å²) in [5.41, 5.74) is 11.4. The molecule has 0 aliphatic rings. The Kier molecular flexibility index (Phi) is 6.62. The molecule has 0 unspecified atom stereocenters. The lowest BCUT2D eigenvalue weighted by Gasteiger charge is -2.19. The summed E-state index contributed by atoms with van der Waals surface area (Å²) in [5.74, 6) is 0. The van der Waals surface area contributed by atoms with Crippen molar-refractivity contribution in [1.82, 2.24) is 0 Å². The third kappa shape index (κ3) is 4.79. The molecule has 1 heterocycles. The fraction of sp³-hybridized carbons (Fsp3) is 0. The van der Waals surface area contributed by atoms with Crippen LogP contribution in [0.2, 0.25) is 0 Å². The van der Waals surface area contributed by atoms with Gasteiger partial charge in [-0.15, -0.1) is 0 Å². The SMILES string of the molecule is c1ccc2cc(-c3ccc4c(-c5ccc(-c6cccc7c6oc6ccccc67)cc5)c5ccccc5c(-c5ccc6ccccc6c5)c4c3)ccc2c1. The van der Waals surface area contributed by atoms with Crippen molar-refractivity contribution >= 4 is 65.0 Å². The van der Waals surface area contributed by atoms with E-state index in [1.165, 1.54) is 76.5 Å². The molecule has 0 radical (unpaired) electrons. The standard InChI is InChI=1S/C52H32O/c1-3-12-37-30-39(26-20-33(37)10-1)40-28-29-46-48(32-40)51(41-27-21-34-11-2-4-13-38(34)31-41)45-16-6-5-15-44(45)50(46)36-24-22-35(23-25-36)42-17-9-18-47-43-14-7-8-19-49(43)53-52(42)47/h1-32H. The Morgan fingerprint density at radius 1 is 0.264 bits per heavy atom. The molecule has 1 aromatic heterocycles. The lowest BCUT2D eigenvalue weighted by molar-refractivity contribution is 0.670. The van der Waals surface area contributed by atoms with E-state index in [9.17, 15) is 0 Å². The second-order valence-corrected chi connectivity index (χ2v) is 14.0. The highest BCUT2D eigenvalue weighted by Crippen LogP contribution is 2.46. The summed E-state index contributed by atoms with van der Waals surface area (Å²) in [6.07, 6.45) is 0. The zero-order valence-electron chi connectivity index (χ0n) is 28.9. The molecule has 53 heavy (non-hydrogen) atoms. The van der Waals surface area contributed by atoms with Gasteiger partial charge in [-0.1, -0.05) is 170 Å². The van der Waals surface area contributed by atoms with E-state index in [2.05, 4.69) is 182 Å². The molecular formula is C52H32O. The zero-order valence-corrected chi connectivity index (χ0v) is 28.9. The van der Waals surface area contributed by atoms with Crippen LogP contribution >= 0.6 is 0 Å². The van der Waals surface area contributed by atoms with Crippen molar-refractivity contribution in [2.75, 3.05) is 0 Å². The maximum atomic E-state index is 6.42. The van der Waals surface area contributed by atoms with Crippen LogP contribution in [-0.2, 0) is 0 Å². The third-order valence-corrected chi connectivity index (χ3v) is 11.0. The van der Waals surface area contributed by atoms with Gasteiger partial charge in [0.05, 0.1) is 0 Å². The van der Waals surface area contributed by atoms with Gasteiger partial charge in [-0.25, -0.2) is 0 Å². The van der Waals surface area contributed by atoms with Crippen LogP contribution in [0.15, 0.2) is 199 Å². The minimum atomic E-state index is 0.916. The van der Waals surface area contributed by atoms with Crippen LogP contribution in [-0.4, -0.2) is 0 Å². The van der Waals surface area contributed by atoms with Gasteiger partial charge in [-0.05, 0) is 106 Å². The molecule has 0 aliphatic heterocycles. The van der Waals surface area contributed by atoms with Gasteiger partial charge in [-0.2, -0.15) is 0 Å². The molecule has 1 nitrogen and oxygen atoms in total. The Hall–Kier alpha value is -6.96. The maximum absolute atomic E-state index is 6.42. The van der Waals surface area contributed by atoms with E-state index < -0.39 is 0 Å². The van der Waals surface area contributed by atoms with E-state index in [4.69, 9.17) is 4.42 Å². The number of benzene rings is 10. The summed E-state index contributed by atoms with van der Waals surface area (Å²) in [5, 5.41) is 12.3. The minimum absolute atomic E-state index is 0.916. The van der Waals surface area contributed by atoms with Crippen LogP contribution in [0.1, 0.15) is 0 Å². The van der Waals surface area contributed by atoms with Crippen molar-refractivity contribution in [3.8, 4) is 44.5 Å². The topological polar surface area (TPSA) is 13.1 Å². The first-order valence-electron chi connectivity index (χ1n) is 18.2. The molecule has 0 saturated heterocycles. The molecule has 11 aromatic rings. The van der Waals surface area contributed by atoms with Crippen LogP contribution in [0.4, 0.5) is 0 Å². The highest BCUT2D eigenvalue weighted by atomic mass is 16.3. The molecule has 0 aliphatic carbocycles. The van der Waals surface area contributed by atoms with Crippen molar-refractivity contribution in [3.05, 3.63) is 194 Å². The number of para-hydroxylation sites is 2. The second-order valence-electron chi connectivity index (χ2n) is 14.0. The molecule has 0 atom stereocenters. The van der Waals surface area contributed by atoms with E-state index in [1.54, 1.807) is 0 Å². The molecule has 10 aromatic carbocycles. The second kappa shape index (κ2) is 11.8. The quantitative estimate of drug-likeness (QED) is 0.170. The summed E-state index contributed by atoms with van der Waals surface area (Å²) < 4.78 is 6.42. The molecule has 0 saturated carbocycles. The van der Waals surface area contributed by atoms with Crippen LogP contribution in [0, 0.1) is 0 Å². The van der Waals surface area contributed by atoms with Gasteiger partial charge in [0.2, 0.25) is 0 Å². The predicted molar refractivity (Wildman–Crippen MR) is 225 cm³/mol. The highest BCUT2D eigenvalue weighted by Gasteiger charge is 2.19. The Labute approximate surface area is 307 Å². The third-order valence-electron chi connectivity index (χ3n) is 11.0. The zero-order chi connectivity index (χ0) is 34.9. The van der Waals surface area contributed by atoms with Gasteiger partial charge in [0.25, 0.3) is 0 Å². The number of rotatable bonds is 4. The van der Waals surface area contributed by atoms with Crippen LogP contribution in [0.25, 0.3) is 110 Å². The van der Waals surface area contributed by atoms with E-state index in [0.717, 1.165) is 33.1 Å². The molecule has 0 amide bonds. The molecule has 0 spiro atoms. The summed E-state index contributed by atoms with van der Waals surface area (Å²) in [6, 6.07) is 70.7. The summed E-state index contributed by atoms with van der Waals surface area (Å²) in [6.45, 7) is 0. The average Bonchev–Trinajstić information content (AvgIpc) is 3.61. The van der Waals surface area contributed by atoms with Gasteiger partial charge in [0, 0.05) is 16.3 Å². The van der Waals surface area contributed by atoms with E-state index in [0.29, 0.717) is 0 Å². The summed E-state index contributed by atoms with van der Waals surface area (Å²) >= 11 is 0. The van der Waals surface area contributed by atoms with E-state index in [1.807, 2.05) is 12.1 Å². The number of hydrogen-bond donors (Lipinski definition) is 0. The van der Waals surface area contributed by atoms with Gasteiger partial charge in [0.15, 0.2) is 0 Å². The van der Waals surface area contributed by atoms with E-state index in [-0.39, 0.29) is 0 Å². The Morgan fingerprint density at radius 3 is 1.49 bits per heavy atom. The van der Waals surface area contributed by atoms with Gasteiger partial charge >= 0.3 is 0 Å². The predicted octanol–water partition coefficient (Wildman–Crippen LogP) is 14.9. The first kappa shape index (κ1) is 29.7. The molecular weight excluding hydrogens is 641 g/mol. The van der Waals surface area contributed by atoms with Crippen molar-refractivity contribution < 1.29 is 4.42 Å². The van der Waals surface area contributed by atoms with Crippen molar-refractivity contribution in [1.29, 1.82) is 0 Å². The Bertz CT molecular complexity index is 3220. The van der Waals surface area contributed by atoms with Crippen molar-refractivity contribution in [3.63, 3.8) is 0 Å². The normalized spacial score (nSPS) is 11.8. The van der Waals surface area contributed by atoms with Gasteiger partial charge in [-0.3, -0.25) is 0 Å². The highest BCUT2D eigenvalue weighted by molar-refractivity contribution is 6.22. The molecule has 1 heteroatoms.